The molecule has 0 aliphatic carbocycles. The molecule has 0 radical (unpaired) electrons. The van der Waals surface area contributed by atoms with Crippen LogP contribution < -0.4 is 0 Å². The maximum Gasteiger partial charge on any atom is 0.416 e. The van der Waals surface area contributed by atoms with E-state index in [2.05, 4.69) is 10.2 Å². The molecule has 0 atom stereocenters. The van der Waals surface area contributed by atoms with Crippen molar-refractivity contribution in [2.75, 3.05) is 0 Å². The standard InChI is InChI=1S/C12H11ClF3N3/c1-7(2)10-17-18-11(13)19(10)9-5-3-4-8(6-9)12(14,15)16/h3-7H,1-2H3. The summed E-state index contributed by atoms with van der Waals surface area (Å²) in [6.07, 6.45) is -4.39. The molecular formula is C12H11ClF3N3. The third-order valence-electron chi connectivity index (χ3n) is 2.60. The Morgan fingerprint density at radius 1 is 1.21 bits per heavy atom. The lowest BCUT2D eigenvalue weighted by molar-refractivity contribution is -0.137. The van der Waals surface area contributed by atoms with E-state index < -0.39 is 11.7 Å². The summed E-state index contributed by atoms with van der Waals surface area (Å²) in [5.41, 5.74) is -0.432. The van der Waals surface area contributed by atoms with Crippen molar-refractivity contribution >= 4 is 11.6 Å². The SMILES string of the molecule is CC(C)c1nnc(Cl)n1-c1cccc(C(F)(F)F)c1. The average molecular weight is 290 g/mol. The molecule has 2 aromatic rings. The van der Waals surface area contributed by atoms with Crippen LogP contribution in [0.25, 0.3) is 5.69 Å². The largest absolute Gasteiger partial charge is 0.416 e. The van der Waals surface area contributed by atoms with Crippen LogP contribution in [0.5, 0.6) is 0 Å². The second-order valence-electron chi connectivity index (χ2n) is 4.37. The quantitative estimate of drug-likeness (QED) is 0.834. The van der Waals surface area contributed by atoms with Crippen molar-refractivity contribution in [3.63, 3.8) is 0 Å². The number of hydrogen-bond acceptors (Lipinski definition) is 2. The maximum absolute atomic E-state index is 12.7. The molecule has 0 bridgehead atoms. The first-order chi connectivity index (χ1) is 8.80. The zero-order valence-corrected chi connectivity index (χ0v) is 11.0. The van der Waals surface area contributed by atoms with Crippen LogP contribution in [0.4, 0.5) is 13.2 Å². The Bertz CT molecular complexity index is 590. The van der Waals surface area contributed by atoms with Gasteiger partial charge in [0.2, 0.25) is 5.28 Å². The fraction of sp³-hybridized carbons (Fsp3) is 0.333. The Labute approximate surface area is 113 Å². The summed E-state index contributed by atoms with van der Waals surface area (Å²) in [7, 11) is 0. The van der Waals surface area contributed by atoms with E-state index in [-0.39, 0.29) is 11.2 Å². The summed E-state index contributed by atoms with van der Waals surface area (Å²) in [6, 6.07) is 4.91. The number of rotatable bonds is 2. The van der Waals surface area contributed by atoms with Crippen LogP contribution in [-0.2, 0) is 6.18 Å². The Balaban J connectivity index is 2.57. The molecule has 1 heterocycles. The van der Waals surface area contributed by atoms with E-state index in [1.54, 1.807) is 0 Å². The first-order valence-electron chi connectivity index (χ1n) is 5.59. The molecule has 0 fully saturated rings. The molecule has 102 valence electrons. The van der Waals surface area contributed by atoms with Crippen molar-refractivity contribution in [3.8, 4) is 5.69 Å². The van der Waals surface area contributed by atoms with Crippen molar-refractivity contribution in [2.45, 2.75) is 25.9 Å². The molecule has 0 spiro atoms. The average Bonchev–Trinajstić information content (AvgIpc) is 2.70. The highest BCUT2D eigenvalue weighted by atomic mass is 35.5. The Morgan fingerprint density at radius 3 is 2.47 bits per heavy atom. The number of alkyl halides is 3. The molecule has 0 unspecified atom stereocenters. The second-order valence-corrected chi connectivity index (χ2v) is 4.70. The second kappa shape index (κ2) is 4.85. The van der Waals surface area contributed by atoms with Crippen molar-refractivity contribution in [1.82, 2.24) is 14.8 Å². The summed E-state index contributed by atoms with van der Waals surface area (Å²) in [5, 5.41) is 7.63. The van der Waals surface area contributed by atoms with Gasteiger partial charge < -0.3 is 0 Å². The highest BCUT2D eigenvalue weighted by Gasteiger charge is 2.31. The number of halogens is 4. The van der Waals surface area contributed by atoms with Gasteiger partial charge >= 0.3 is 6.18 Å². The molecule has 2 rings (SSSR count). The van der Waals surface area contributed by atoms with Crippen LogP contribution in [0.2, 0.25) is 5.28 Å². The smallest absolute Gasteiger partial charge is 0.270 e. The van der Waals surface area contributed by atoms with Crippen LogP contribution in [0.15, 0.2) is 24.3 Å². The van der Waals surface area contributed by atoms with Gasteiger partial charge in [-0.05, 0) is 29.8 Å². The van der Waals surface area contributed by atoms with Crippen LogP contribution in [-0.4, -0.2) is 14.8 Å². The molecule has 0 saturated carbocycles. The number of nitrogens with zero attached hydrogens (tertiary/aromatic N) is 3. The summed E-state index contributed by atoms with van der Waals surface area (Å²) in [5.74, 6) is 0.513. The predicted octanol–water partition coefficient (Wildman–Crippen LogP) is 4.06. The monoisotopic (exact) mass is 289 g/mol. The molecule has 3 nitrogen and oxygen atoms in total. The first-order valence-corrected chi connectivity index (χ1v) is 5.97. The number of aromatic nitrogens is 3. The maximum atomic E-state index is 12.7. The summed E-state index contributed by atoms with van der Waals surface area (Å²) < 4.78 is 39.5. The molecule has 0 amide bonds. The Morgan fingerprint density at radius 2 is 1.89 bits per heavy atom. The van der Waals surface area contributed by atoms with Crippen molar-refractivity contribution in [2.24, 2.45) is 0 Å². The van der Waals surface area contributed by atoms with E-state index in [9.17, 15) is 13.2 Å². The van der Waals surface area contributed by atoms with Gasteiger partial charge in [0.25, 0.3) is 0 Å². The highest BCUT2D eigenvalue weighted by molar-refractivity contribution is 6.28. The van der Waals surface area contributed by atoms with E-state index >= 15 is 0 Å². The van der Waals surface area contributed by atoms with Gasteiger partial charge in [0.15, 0.2) is 0 Å². The minimum Gasteiger partial charge on any atom is -0.270 e. The van der Waals surface area contributed by atoms with E-state index in [1.807, 2.05) is 13.8 Å². The fourth-order valence-electron chi connectivity index (χ4n) is 1.71. The molecule has 0 aliphatic rings. The van der Waals surface area contributed by atoms with E-state index in [0.717, 1.165) is 12.1 Å². The minimum absolute atomic E-state index is 0.00505. The van der Waals surface area contributed by atoms with Crippen molar-refractivity contribution in [3.05, 3.63) is 40.9 Å². The Kier molecular flexibility index (Phi) is 3.54. The summed E-state index contributed by atoms with van der Waals surface area (Å²) >= 11 is 5.90. The molecule has 1 aromatic heterocycles. The van der Waals surface area contributed by atoms with Gasteiger partial charge in [-0.15, -0.1) is 10.2 Å². The van der Waals surface area contributed by atoms with Crippen LogP contribution in [0, 0.1) is 0 Å². The fourth-order valence-corrected chi connectivity index (χ4v) is 1.93. The van der Waals surface area contributed by atoms with E-state index in [0.29, 0.717) is 11.5 Å². The lowest BCUT2D eigenvalue weighted by Crippen LogP contribution is -2.08. The van der Waals surface area contributed by atoms with E-state index in [4.69, 9.17) is 11.6 Å². The number of benzene rings is 1. The van der Waals surface area contributed by atoms with Crippen molar-refractivity contribution < 1.29 is 13.2 Å². The van der Waals surface area contributed by atoms with Gasteiger partial charge in [-0.25, -0.2) is 0 Å². The summed E-state index contributed by atoms with van der Waals surface area (Å²) in [4.78, 5) is 0. The first kappa shape index (κ1) is 13.9. The van der Waals surface area contributed by atoms with Gasteiger partial charge in [0, 0.05) is 5.92 Å². The molecule has 0 aliphatic heterocycles. The third kappa shape index (κ3) is 2.73. The molecule has 0 N–H and O–H groups in total. The van der Waals surface area contributed by atoms with Gasteiger partial charge in [-0.1, -0.05) is 19.9 Å². The predicted molar refractivity (Wildman–Crippen MR) is 65.5 cm³/mol. The van der Waals surface area contributed by atoms with Crippen LogP contribution in [0.3, 0.4) is 0 Å². The zero-order chi connectivity index (χ0) is 14.2. The van der Waals surface area contributed by atoms with Crippen LogP contribution in [0.1, 0.15) is 31.2 Å². The number of hydrogen-bond donors (Lipinski definition) is 0. The normalized spacial score (nSPS) is 12.2. The minimum atomic E-state index is -4.39. The molecule has 7 heteroatoms. The zero-order valence-electron chi connectivity index (χ0n) is 10.2. The van der Waals surface area contributed by atoms with Gasteiger partial charge in [0.05, 0.1) is 11.3 Å². The lowest BCUT2D eigenvalue weighted by atomic mass is 10.1. The van der Waals surface area contributed by atoms with Gasteiger partial charge in [-0.3, -0.25) is 4.57 Å². The molecular weight excluding hydrogens is 279 g/mol. The van der Waals surface area contributed by atoms with Crippen LogP contribution >= 0.6 is 11.6 Å². The lowest BCUT2D eigenvalue weighted by Gasteiger charge is -2.12. The molecule has 0 saturated heterocycles. The van der Waals surface area contributed by atoms with Gasteiger partial charge in [-0.2, -0.15) is 13.2 Å². The Hall–Kier alpha value is -1.56. The topological polar surface area (TPSA) is 30.7 Å². The van der Waals surface area contributed by atoms with Crippen molar-refractivity contribution in [1.29, 1.82) is 0 Å². The third-order valence-corrected chi connectivity index (χ3v) is 2.84. The molecule has 1 aromatic carbocycles. The molecule has 19 heavy (non-hydrogen) atoms. The van der Waals surface area contributed by atoms with Gasteiger partial charge in [0.1, 0.15) is 5.82 Å². The van der Waals surface area contributed by atoms with E-state index in [1.165, 1.54) is 16.7 Å². The summed E-state index contributed by atoms with van der Waals surface area (Å²) in [6.45, 7) is 3.73. The highest BCUT2D eigenvalue weighted by Crippen LogP contribution is 2.31.